The number of rotatable bonds is 4. The fourth-order valence-corrected chi connectivity index (χ4v) is 2.12. The van der Waals surface area contributed by atoms with Crippen LogP contribution in [0.4, 0.5) is 11.4 Å². The Morgan fingerprint density at radius 3 is 1.33 bits per heavy atom. The van der Waals surface area contributed by atoms with E-state index in [-0.39, 0.29) is 22.9 Å². The molecule has 0 aromatic heterocycles. The van der Waals surface area contributed by atoms with Gasteiger partial charge in [-0.25, -0.2) is 0 Å². The Balaban J connectivity index is 2.10. The van der Waals surface area contributed by atoms with Crippen molar-refractivity contribution in [3.05, 3.63) is 58.5 Å². The van der Waals surface area contributed by atoms with Crippen LogP contribution < -0.4 is 8.37 Å². The van der Waals surface area contributed by atoms with Gasteiger partial charge < -0.3 is 8.37 Å². The van der Waals surface area contributed by atoms with Gasteiger partial charge in [0.2, 0.25) is 10.8 Å². The average Bonchev–Trinajstić information content (AvgIpc) is 2.48. The zero-order chi connectivity index (χ0) is 15.3. The molecule has 0 unspecified atom stereocenters. The Bertz CT molecular complexity index is 752. The minimum atomic E-state index is -4.31. The topological polar surface area (TPSA) is 109 Å². The van der Waals surface area contributed by atoms with Crippen molar-refractivity contribution >= 4 is 21.8 Å². The summed E-state index contributed by atoms with van der Waals surface area (Å²) in [5, 5.41) is 17.0. The zero-order valence-electron chi connectivity index (χ0n) is 10.4. The van der Waals surface area contributed by atoms with Gasteiger partial charge >= 0.3 is 21.8 Å². The van der Waals surface area contributed by atoms with Gasteiger partial charge in [0.15, 0.2) is 9.95 Å². The molecule has 0 radical (unpaired) electrons. The van der Waals surface area contributed by atoms with Gasteiger partial charge in [0, 0.05) is 24.3 Å². The molecule has 0 atom stereocenters. The summed E-state index contributed by atoms with van der Waals surface area (Å²) in [7, 11) is -4.31. The first-order valence-electron chi connectivity index (χ1n) is 5.56. The molecule has 8 nitrogen and oxygen atoms in total. The second kappa shape index (κ2) is 5.86. The summed E-state index contributed by atoms with van der Waals surface area (Å²) in [5.41, 5.74) is 0.507. The first-order valence-corrected chi connectivity index (χ1v) is 6.90. The highest BCUT2D eigenvalue weighted by Gasteiger charge is 2.17. The van der Waals surface area contributed by atoms with Gasteiger partial charge in [-0.05, 0) is 24.3 Å². The van der Waals surface area contributed by atoms with Crippen LogP contribution in [0, 0.1) is 10.8 Å². The third-order valence-corrected chi connectivity index (χ3v) is 3.09. The van der Waals surface area contributed by atoms with Crippen LogP contribution in [0.5, 0.6) is 11.5 Å². The summed E-state index contributed by atoms with van der Waals surface area (Å²) in [6.07, 6.45) is 0. The maximum absolute atomic E-state index is 11.7. The maximum Gasteiger partial charge on any atom is 0.500 e. The molecule has 0 amide bonds. The highest BCUT2D eigenvalue weighted by Crippen LogP contribution is 2.22. The molecule has 9 heteroatoms. The van der Waals surface area contributed by atoms with E-state index in [2.05, 4.69) is 9.95 Å². The number of hydrogen-bond acceptors (Lipinski definition) is 6. The molecule has 0 aliphatic heterocycles. The molecule has 104 valence electrons. The van der Waals surface area contributed by atoms with Gasteiger partial charge in [0.25, 0.3) is 0 Å². The van der Waals surface area contributed by atoms with Gasteiger partial charge in [-0.3, -0.25) is 0 Å². The summed E-state index contributed by atoms with van der Waals surface area (Å²) in [4.78, 5) is 5.85. The van der Waals surface area contributed by atoms with Crippen LogP contribution in [0.15, 0.2) is 48.5 Å². The first kappa shape index (κ1) is 14.2. The van der Waals surface area contributed by atoms with Crippen molar-refractivity contribution in [3.63, 3.8) is 0 Å². The van der Waals surface area contributed by atoms with Crippen LogP contribution in [0.3, 0.4) is 0 Å². The van der Waals surface area contributed by atoms with E-state index < -0.39 is 10.4 Å². The molecule has 0 N–H and O–H groups in total. The van der Waals surface area contributed by atoms with E-state index in [4.69, 9.17) is 19.2 Å². The van der Waals surface area contributed by atoms with Crippen molar-refractivity contribution < 1.29 is 16.8 Å². The molecule has 0 saturated carbocycles. The van der Waals surface area contributed by atoms with E-state index >= 15 is 0 Å². The largest absolute Gasteiger partial charge is 0.500 e. The lowest BCUT2D eigenvalue weighted by Gasteiger charge is -2.06. The van der Waals surface area contributed by atoms with E-state index in [0.29, 0.717) is 0 Å². The van der Waals surface area contributed by atoms with Crippen molar-refractivity contribution in [2.45, 2.75) is 0 Å². The molecular formula is C12H8N4O4S+2. The van der Waals surface area contributed by atoms with Gasteiger partial charge in [-0.2, -0.15) is 0 Å². The molecule has 0 heterocycles. The molecule has 0 aliphatic rings. The smallest absolute Gasteiger partial charge is 0.353 e. The van der Waals surface area contributed by atoms with Crippen molar-refractivity contribution in [2.75, 3.05) is 0 Å². The van der Waals surface area contributed by atoms with Gasteiger partial charge in [0.1, 0.15) is 11.5 Å². The lowest BCUT2D eigenvalue weighted by Crippen LogP contribution is -2.16. The quantitative estimate of drug-likeness (QED) is 0.801. The van der Waals surface area contributed by atoms with Crippen LogP contribution in [0.1, 0.15) is 0 Å². The van der Waals surface area contributed by atoms with Gasteiger partial charge in [0.05, 0.1) is 0 Å². The molecule has 0 spiro atoms. The zero-order valence-corrected chi connectivity index (χ0v) is 11.3. The summed E-state index contributed by atoms with van der Waals surface area (Å²) in [5.74, 6) is 0.00811. The predicted molar refractivity (Wildman–Crippen MR) is 72.5 cm³/mol. The van der Waals surface area contributed by atoms with E-state index in [1.54, 1.807) is 0 Å². The minimum Gasteiger partial charge on any atom is -0.353 e. The van der Waals surface area contributed by atoms with E-state index in [1.807, 2.05) is 0 Å². The Hall–Kier alpha value is -3.17. The number of benzene rings is 2. The minimum absolute atomic E-state index is 0.00405. The second-order valence-corrected chi connectivity index (χ2v) is 4.91. The normalized spacial score (nSPS) is 10.2. The number of hydrogen-bond donors (Lipinski definition) is 0. The third kappa shape index (κ3) is 3.89. The molecule has 2 aromatic carbocycles. The molecule has 0 fully saturated rings. The second-order valence-electron chi connectivity index (χ2n) is 3.76. The Morgan fingerprint density at radius 1 is 0.714 bits per heavy atom. The SMILES string of the molecule is N#[N+]c1ccc(OS(=O)(=O)Oc2ccc([N+]#N)cc2)cc1. The average molecular weight is 304 g/mol. The monoisotopic (exact) mass is 304 g/mol. The molecule has 0 aliphatic carbocycles. The van der Waals surface area contributed by atoms with Crippen LogP contribution in [0.25, 0.3) is 9.95 Å². The van der Waals surface area contributed by atoms with Crippen LogP contribution >= 0.6 is 0 Å². The van der Waals surface area contributed by atoms with Crippen molar-refractivity contribution in [1.82, 2.24) is 0 Å². The lowest BCUT2D eigenvalue weighted by molar-refractivity contribution is 0.392. The highest BCUT2D eigenvalue weighted by molar-refractivity contribution is 7.82. The van der Waals surface area contributed by atoms with E-state index in [9.17, 15) is 8.42 Å². The standard InChI is InChI=1S/C12H8N4O4S/c13-15-9-1-5-11(6-2-9)19-21(17,18)20-12-7-3-10(16-14)4-8-12/h1-8H/q+2. The van der Waals surface area contributed by atoms with Gasteiger partial charge in [-0.15, -0.1) is 8.42 Å². The fraction of sp³-hybridized carbons (Fsp3) is 0. The first-order chi connectivity index (χ1) is 10.0. The van der Waals surface area contributed by atoms with Crippen LogP contribution in [-0.2, 0) is 10.4 Å². The third-order valence-electron chi connectivity index (χ3n) is 2.30. The van der Waals surface area contributed by atoms with Crippen molar-refractivity contribution in [3.8, 4) is 11.5 Å². The summed E-state index contributed by atoms with van der Waals surface area (Å²) < 4.78 is 32.8. The molecule has 21 heavy (non-hydrogen) atoms. The lowest BCUT2D eigenvalue weighted by atomic mass is 10.3. The van der Waals surface area contributed by atoms with Crippen molar-refractivity contribution in [2.24, 2.45) is 0 Å². The Morgan fingerprint density at radius 2 is 1.05 bits per heavy atom. The molecule has 2 rings (SSSR count). The van der Waals surface area contributed by atoms with Crippen molar-refractivity contribution in [1.29, 1.82) is 10.8 Å². The number of diazo groups is 2. The van der Waals surface area contributed by atoms with E-state index in [0.717, 1.165) is 0 Å². The summed E-state index contributed by atoms with van der Waals surface area (Å²) in [6, 6.07) is 10.7. The summed E-state index contributed by atoms with van der Waals surface area (Å²) >= 11 is 0. The van der Waals surface area contributed by atoms with Crippen LogP contribution in [-0.4, -0.2) is 8.42 Å². The fourth-order valence-electron chi connectivity index (χ4n) is 1.39. The molecular weight excluding hydrogens is 296 g/mol. The Labute approximate surface area is 120 Å². The van der Waals surface area contributed by atoms with E-state index in [1.165, 1.54) is 48.5 Å². The molecule has 2 aromatic rings. The summed E-state index contributed by atoms with van der Waals surface area (Å²) in [6.45, 7) is 0. The van der Waals surface area contributed by atoms with Gasteiger partial charge in [-0.1, -0.05) is 0 Å². The predicted octanol–water partition coefficient (Wildman–Crippen LogP) is 3.36. The Kier molecular flexibility index (Phi) is 3.97. The number of nitrogens with zero attached hydrogens (tertiary/aromatic N) is 4. The molecule has 0 saturated heterocycles. The highest BCUT2D eigenvalue weighted by atomic mass is 32.3. The molecule has 0 bridgehead atoms. The van der Waals surface area contributed by atoms with Crippen LogP contribution in [0.2, 0.25) is 0 Å². The maximum atomic E-state index is 11.7.